The topological polar surface area (TPSA) is 68.0 Å². The van der Waals surface area contributed by atoms with Gasteiger partial charge in [0.25, 0.3) is 5.91 Å². The fourth-order valence-corrected chi connectivity index (χ4v) is 2.30. The molecule has 0 aliphatic heterocycles. The van der Waals surface area contributed by atoms with Crippen molar-refractivity contribution in [2.45, 2.75) is 6.92 Å². The van der Waals surface area contributed by atoms with Crippen molar-refractivity contribution >= 4 is 39.7 Å². The molecule has 0 saturated carbocycles. The molecule has 4 nitrogen and oxygen atoms in total. The molecule has 1 aromatic heterocycles. The molecule has 0 aliphatic carbocycles. The quantitative estimate of drug-likeness (QED) is 0.822. The molecule has 0 unspecified atom stereocenters. The van der Waals surface area contributed by atoms with Crippen LogP contribution in [0.2, 0.25) is 5.02 Å². The van der Waals surface area contributed by atoms with Crippen LogP contribution in [0.1, 0.15) is 16.1 Å². The number of hydrogen-bond acceptors (Lipinski definition) is 4. The molecule has 6 heteroatoms. The third-order valence-electron chi connectivity index (χ3n) is 2.11. The second-order valence-corrected chi connectivity index (χ2v) is 4.72. The number of hydrogen-bond donors (Lipinski definition) is 2. The summed E-state index contributed by atoms with van der Waals surface area (Å²) in [6.07, 6.45) is 0. The summed E-state index contributed by atoms with van der Waals surface area (Å²) < 4.78 is 0. The van der Waals surface area contributed by atoms with Crippen LogP contribution in [0.3, 0.4) is 0 Å². The fourth-order valence-electron chi connectivity index (χ4n) is 1.35. The standard InChI is InChI=1S/C11H10ClN3OS/c1-6-5-17-11(14-6)15-10(16)9-7(12)3-2-4-8(9)13/h2-5H,13H2,1H3,(H,14,15,16). The van der Waals surface area contributed by atoms with E-state index in [4.69, 9.17) is 17.3 Å². The van der Waals surface area contributed by atoms with Gasteiger partial charge in [0.15, 0.2) is 5.13 Å². The van der Waals surface area contributed by atoms with E-state index < -0.39 is 0 Å². The summed E-state index contributed by atoms with van der Waals surface area (Å²) in [6.45, 7) is 1.86. The van der Waals surface area contributed by atoms with Crippen molar-refractivity contribution < 1.29 is 4.79 Å². The Morgan fingerprint density at radius 1 is 1.53 bits per heavy atom. The predicted molar refractivity (Wildman–Crippen MR) is 70.7 cm³/mol. The van der Waals surface area contributed by atoms with Crippen molar-refractivity contribution in [1.82, 2.24) is 4.98 Å². The van der Waals surface area contributed by atoms with E-state index in [2.05, 4.69) is 10.3 Å². The van der Waals surface area contributed by atoms with Gasteiger partial charge in [0.1, 0.15) is 0 Å². The smallest absolute Gasteiger partial charge is 0.261 e. The average molecular weight is 268 g/mol. The minimum absolute atomic E-state index is 0.280. The zero-order chi connectivity index (χ0) is 12.4. The second kappa shape index (κ2) is 4.73. The highest BCUT2D eigenvalue weighted by atomic mass is 35.5. The number of nitrogens with one attached hydrogen (secondary N) is 1. The van der Waals surface area contributed by atoms with E-state index in [1.54, 1.807) is 18.2 Å². The Hall–Kier alpha value is -1.59. The monoisotopic (exact) mass is 267 g/mol. The van der Waals surface area contributed by atoms with Crippen LogP contribution < -0.4 is 11.1 Å². The van der Waals surface area contributed by atoms with Gasteiger partial charge in [0, 0.05) is 11.1 Å². The lowest BCUT2D eigenvalue weighted by molar-refractivity contribution is 0.102. The van der Waals surface area contributed by atoms with Crippen molar-refractivity contribution in [2.75, 3.05) is 11.1 Å². The van der Waals surface area contributed by atoms with Gasteiger partial charge in [0.05, 0.1) is 16.3 Å². The molecule has 0 atom stereocenters. The highest BCUT2D eigenvalue weighted by molar-refractivity contribution is 7.13. The number of carbonyl (C=O) groups is 1. The first-order chi connectivity index (χ1) is 8.08. The number of aromatic nitrogens is 1. The lowest BCUT2D eigenvalue weighted by Gasteiger charge is -2.06. The molecule has 0 saturated heterocycles. The number of thiazole rings is 1. The summed E-state index contributed by atoms with van der Waals surface area (Å²) >= 11 is 7.30. The Morgan fingerprint density at radius 3 is 2.88 bits per heavy atom. The summed E-state index contributed by atoms with van der Waals surface area (Å²) in [5, 5.41) is 5.38. The third-order valence-corrected chi connectivity index (χ3v) is 3.30. The zero-order valence-electron chi connectivity index (χ0n) is 9.03. The minimum Gasteiger partial charge on any atom is -0.398 e. The van der Waals surface area contributed by atoms with Gasteiger partial charge in [-0.05, 0) is 19.1 Å². The molecule has 88 valence electrons. The second-order valence-electron chi connectivity index (χ2n) is 3.45. The normalized spacial score (nSPS) is 10.2. The lowest BCUT2D eigenvalue weighted by atomic mass is 10.1. The molecule has 0 fully saturated rings. The third kappa shape index (κ3) is 2.57. The SMILES string of the molecule is Cc1csc(NC(=O)c2c(N)cccc2Cl)n1. The highest BCUT2D eigenvalue weighted by Gasteiger charge is 2.14. The maximum atomic E-state index is 12.0. The van der Waals surface area contributed by atoms with E-state index in [-0.39, 0.29) is 11.5 Å². The van der Waals surface area contributed by atoms with Crippen molar-refractivity contribution in [3.63, 3.8) is 0 Å². The Morgan fingerprint density at radius 2 is 2.29 bits per heavy atom. The number of benzene rings is 1. The molecule has 2 aromatic rings. The maximum Gasteiger partial charge on any atom is 0.261 e. The number of carbonyl (C=O) groups excluding carboxylic acids is 1. The molecule has 0 spiro atoms. The number of rotatable bonds is 2. The van der Waals surface area contributed by atoms with Crippen LogP contribution >= 0.6 is 22.9 Å². The average Bonchev–Trinajstić information content (AvgIpc) is 2.63. The largest absolute Gasteiger partial charge is 0.398 e. The van der Waals surface area contributed by atoms with Crippen LogP contribution in [0.15, 0.2) is 23.6 Å². The van der Waals surface area contributed by atoms with E-state index >= 15 is 0 Å². The number of halogens is 1. The highest BCUT2D eigenvalue weighted by Crippen LogP contribution is 2.24. The van der Waals surface area contributed by atoms with Crippen LogP contribution in [-0.2, 0) is 0 Å². The predicted octanol–water partition coefficient (Wildman–Crippen LogP) is 2.94. The van der Waals surface area contributed by atoms with Gasteiger partial charge in [-0.25, -0.2) is 4.98 Å². The summed E-state index contributed by atoms with van der Waals surface area (Å²) in [4.78, 5) is 16.1. The van der Waals surface area contributed by atoms with Crippen LogP contribution in [0, 0.1) is 6.92 Å². The van der Waals surface area contributed by atoms with Crippen molar-refractivity contribution in [3.05, 3.63) is 39.9 Å². The van der Waals surface area contributed by atoms with Crippen LogP contribution in [0.25, 0.3) is 0 Å². The van der Waals surface area contributed by atoms with Crippen LogP contribution in [-0.4, -0.2) is 10.9 Å². The van der Waals surface area contributed by atoms with E-state index in [1.807, 2.05) is 12.3 Å². The first-order valence-corrected chi connectivity index (χ1v) is 6.11. The molecule has 1 aromatic carbocycles. The van der Waals surface area contributed by atoms with Gasteiger partial charge in [-0.15, -0.1) is 11.3 Å². The Kier molecular flexibility index (Phi) is 3.31. The number of nitrogens with zero attached hydrogens (tertiary/aromatic N) is 1. The number of anilines is 2. The van der Waals surface area contributed by atoms with Gasteiger partial charge >= 0.3 is 0 Å². The summed E-state index contributed by atoms with van der Waals surface area (Å²) in [5.74, 6) is -0.345. The summed E-state index contributed by atoms with van der Waals surface area (Å²) in [6, 6.07) is 4.95. The first kappa shape index (κ1) is 11.9. The number of nitrogen functional groups attached to an aromatic ring is 1. The molecule has 3 N–H and O–H groups in total. The molecule has 0 bridgehead atoms. The molecule has 2 rings (SSSR count). The lowest BCUT2D eigenvalue weighted by Crippen LogP contribution is -2.14. The first-order valence-electron chi connectivity index (χ1n) is 4.85. The van der Waals surface area contributed by atoms with Gasteiger partial charge < -0.3 is 5.73 Å². The number of amides is 1. The van der Waals surface area contributed by atoms with Gasteiger partial charge in [-0.3, -0.25) is 10.1 Å². The summed E-state index contributed by atoms with van der Waals surface area (Å²) in [7, 11) is 0. The van der Waals surface area contributed by atoms with Crippen LogP contribution in [0.5, 0.6) is 0 Å². The van der Waals surface area contributed by atoms with E-state index in [1.165, 1.54) is 11.3 Å². The Balaban J connectivity index is 2.26. The zero-order valence-corrected chi connectivity index (χ0v) is 10.6. The molecule has 17 heavy (non-hydrogen) atoms. The van der Waals surface area contributed by atoms with Gasteiger partial charge in [0.2, 0.25) is 0 Å². The fraction of sp³-hybridized carbons (Fsp3) is 0.0909. The molecule has 0 aliphatic rings. The Bertz CT molecular complexity index is 547. The van der Waals surface area contributed by atoms with Gasteiger partial charge in [-0.2, -0.15) is 0 Å². The molecule has 1 heterocycles. The van der Waals surface area contributed by atoms with Crippen LogP contribution in [0.4, 0.5) is 10.8 Å². The number of aryl methyl sites for hydroxylation is 1. The van der Waals surface area contributed by atoms with Crippen molar-refractivity contribution in [3.8, 4) is 0 Å². The minimum atomic E-state index is -0.345. The molecular formula is C11H10ClN3OS. The van der Waals surface area contributed by atoms with E-state index in [0.717, 1.165) is 5.69 Å². The van der Waals surface area contributed by atoms with Crippen molar-refractivity contribution in [2.24, 2.45) is 0 Å². The van der Waals surface area contributed by atoms with Gasteiger partial charge in [-0.1, -0.05) is 17.7 Å². The van der Waals surface area contributed by atoms with Crippen molar-refractivity contribution in [1.29, 1.82) is 0 Å². The molecule has 1 amide bonds. The number of nitrogens with two attached hydrogens (primary N) is 1. The Labute approximate surface area is 107 Å². The summed E-state index contributed by atoms with van der Waals surface area (Å²) in [5.41, 5.74) is 7.21. The molecule has 0 radical (unpaired) electrons. The van der Waals surface area contributed by atoms with E-state index in [0.29, 0.717) is 15.8 Å². The molecular weight excluding hydrogens is 258 g/mol. The maximum absolute atomic E-state index is 12.0. The van der Waals surface area contributed by atoms with E-state index in [9.17, 15) is 4.79 Å².